The molecule has 1 aliphatic rings. The van der Waals surface area contributed by atoms with Gasteiger partial charge in [0.25, 0.3) is 0 Å². The van der Waals surface area contributed by atoms with Crippen LogP contribution in [0.3, 0.4) is 0 Å². The van der Waals surface area contributed by atoms with Crippen LogP contribution in [0.2, 0.25) is 0 Å². The Hall–Kier alpha value is -4.21. The molecule has 170 valence electrons. The number of rotatable bonds is 6. The lowest BCUT2D eigenvalue weighted by molar-refractivity contribution is 0.171. The molecule has 10 nitrogen and oxygen atoms in total. The number of carbonyl (C=O) groups is 2. The van der Waals surface area contributed by atoms with E-state index in [0.717, 1.165) is 22.5 Å². The molecule has 0 aliphatic carbocycles. The minimum absolute atomic E-state index is 0.179. The minimum atomic E-state index is -0.499. The lowest BCUT2D eigenvalue weighted by Gasteiger charge is -2.30. The molecule has 3 N–H and O–H groups in total. The Morgan fingerprint density at radius 1 is 1.09 bits per heavy atom. The van der Waals surface area contributed by atoms with Crippen molar-refractivity contribution < 1.29 is 14.3 Å². The topological polar surface area (TPSA) is 121 Å². The van der Waals surface area contributed by atoms with Gasteiger partial charge in [-0.05, 0) is 24.3 Å². The van der Waals surface area contributed by atoms with E-state index in [1.807, 2.05) is 42.5 Å². The van der Waals surface area contributed by atoms with Crippen LogP contribution in [-0.4, -0.2) is 58.7 Å². The third-order valence-electron chi connectivity index (χ3n) is 5.16. The summed E-state index contributed by atoms with van der Waals surface area (Å²) < 4.78 is 4.60. The van der Waals surface area contributed by atoms with Crippen LogP contribution in [0, 0.1) is 0 Å². The molecule has 1 aromatic carbocycles. The van der Waals surface area contributed by atoms with Gasteiger partial charge in [0.1, 0.15) is 5.82 Å². The Morgan fingerprint density at radius 3 is 2.70 bits per heavy atom. The maximum absolute atomic E-state index is 12.8. The number of urea groups is 1. The number of anilines is 2. The lowest BCUT2D eigenvalue weighted by atomic mass is 10.1. The molecule has 0 radical (unpaired) electrons. The standard InChI is InChI=1S/C23H25N7O3/c1-33-23(32)26-12-11-25-21-18-15-30(22(31)27-17-7-3-2-4-8-17)13-9-19(18)28-20(29-21)16-6-5-10-24-14-16/h2-8,10,14H,9,11-13,15H2,1H3,(H,26,32)(H,27,31)(H,25,28,29). The van der Waals surface area contributed by atoms with Gasteiger partial charge in [-0.1, -0.05) is 18.2 Å². The molecule has 1 aliphatic heterocycles. The second kappa shape index (κ2) is 10.4. The van der Waals surface area contributed by atoms with Crippen molar-refractivity contribution >= 4 is 23.6 Å². The van der Waals surface area contributed by atoms with Crippen molar-refractivity contribution in [2.24, 2.45) is 0 Å². The average molecular weight is 447 g/mol. The first kappa shape index (κ1) is 22.0. The SMILES string of the molecule is COC(=O)NCCNc1nc(-c2cccnc2)nc2c1CN(C(=O)Nc1ccccc1)CC2. The smallest absolute Gasteiger partial charge is 0.406 e. The molecule has 3 amide bonds. The molecule has 0 bridgehead atoms. The molecular formula is C23H25N7O3. The number of aromatic nitrogens is 3. The predicted molar refractivity (Wildman–Crippen MR) is 124 cm³/mol. The Kier molecular flexibility index (Phi) is 6.93. The maximum Gasteiger partial charge on any atom is 0.406 e. The summed E-state index contributed by atoms with van der Waals surface area (Å²) in [4.78, 5) is 39.5. The van der Waals surface area contributed by atoms with Crippen LogP contribution in [0.15, 0.2) is 54.9 Å². The van der Waals surface area contributed by atoms with Crippen molar-refractivity contribution in [2.45, 2.75) is 13.0 Å². The fraction of sp³-hybridized carbons (Fsp3) is 0.261. The van der Waals surface area contributed by atoms with Gasteiger partial charge >= 0.3 is 12.1 Å². The number of nitrogens with zero attached hydrogens (tertiary/aromatic N) is 4. The molecule has 0 atom stereocenters. The van der Waals surface area contributed by atoms with Crippen LogP contribution in [0.4, 0.5) is 21.1 Å². The van der Waals surface area contributed by atoms with E-state index in [0.29, 0.717) is 44.2 Å². The normalized spacial score (nSPS) is 12.5. The van der Waals surface area contributed by atoms with Gasteiger partial charge in [0.15, 0.2) is 5.82 Å². The van der Waals surface area contributed by atoms with Gasteiger partial charge in [-0.15, -0.1) is 0 Å². The zero-order valence-corrected chi connectivity index (χ0v) is 18.2. The highest BCUT2D eigenvalue weighted by Crippen LogP contribution is 2.27. The van der Waals surface area contributed by atoms with Crippen molar-refractivity contribution in [3.63, 3.8) is 0 Å². The zero-order valence-electron chi connectivity index (χ0n) is 18.2. The van der Waals surface area contributed by atoms with E-state index in [1.54, 1.807) is 17.3 Å². The number of alkyl carbamates (subject to hydrolysis) is 1. The van der Waals surface area contributed by atoms with Gasteiger partial charge in [-0.25, -0.2) is 19.6 Å². The number of ether oxygens (including phenoxy) is 1. The van der Waals surface area contributed by atoms with Gasteiger partial charge in [0.2, 0.25) is 0 Å². The molecule has 3 aromatic rings. The number of amides is 3. The molecule has 2 aromatic heterocycles. The minimum Gasteiger partial charge on any atom is -0.453 e. The molecule has 0 saturated heterocycles. The van der Waals surface area contributed by atoms with E-state index in [-0.39, 0.29) is 6.03 Å². The van der Waals surface area contributed by atoms with E-state index < -0.39 is 6.09 Å². The van der Waals surface area contributed by atoms with Crippen LogP contribution < -0.4 is 16.0 Å². The number of hydrogen-bond donors (Lipinski definition) is 3. The predicted octanol–water partition coefficient (Wildman–Crippen LogP) is 2.90. The summed E-state index contributed by atoms with van der Waals surface area (Å²) >= 11 is 0. The Bertz CT molecular complexity index is 1110. The molecule has 0 fully saturated rings. The molecule has 10 heteroatoms. The third-order valence-corrected chi connectivity index (χ3v) is 5.16. The van der Waals surface area contributed by atoms with Crippen LogP contribution in [0.1, 0.15) is 11.3 Å². The van der Waals surface area contributed by atoms with Gasteiger partial charge in [0.05, 0.1) is 19.3 Å². The summed E-state index contributed by atoms with van der Waals surface area (Å²) in [5.41, 5.74) is 3.29. The molecule has 4 rings (SSSR count). The first-order valence-corrected chi connectivity index (χ1v) is 10.6. The average Bonchev–Trinajstić information content (AvgIpc) is 2.87. The molecule has 33 heavy (non-hydrogen) atoms. The number of benzene rings is 1. The number of fused-ring (bicyclic) bond motifs is 1. The number of hydrogen-bond acceptors (Lipinski definition) is 7. The maximum atomic E-state index is 12.8. The van der Waals surface area contributed by atoms with Crippen LogP contribution in [-0.2, 0) is 17.7 Å². The molecule has 0 spiro atoms. The largest absolute Gasteiger partial charge is 0.453 e. The summed E-state index contributed by atoms with van der Waals surface area (Å²) in [6.07, 6.45) is 3.51. The lowest BCUT2D eigenvalue weighted by Crippen LogP contribution is -2.40. The number of nitrogens with one attached hydrogen (secondary N) is 3. The highest BCUT2D eigenvalue weighted by Gasteiger charge is 2.26. The van der Waals surface area contributed by atoms with Gasteiger partial charge in [-0.3, -0.25) is 4.98 Å². The fourth-order valence-electron chi connectivity index (χ4n) is 3.50. The third kappa shape index (κ3) is 5.53. The van der Waals surface area contributed by atoms with Crippen LogP contribution >= 0.6 is 0 Å². The number of methoxy groups -OCH3 is 1. The van der Waals surface area contributed by atoms with E-state index >= 15 is 0 Å². The summed E-state index contributed by atoms with van der Waals surface area (Å²) in [5, 5.41) is 8.83. The summed E-state index contributed by atoms with van der Waals surface area (Å²) in [7, 11) is 1.32. The number of carbonyl (C=O) groups excluding carboxylic acids is 2. The Balaban J connectivity index is 1.55. The first-order valence-electron chi connectivity index (χ1n) is 10.6. The highest BCUT2D eigenvalue weighted by atomic mass is 16.5. The monoisotopic (exact) mass is 447 g/mol. The van der Waals surface area contributed by atoms with Crippen molar-refractivity contribution in [1.82, 2.24) is 25.2 Å². The quantitative estimate of drug-likeness (QED) is 0.497. The second-order valence-corrected chi connectivity index (χ2v) is 7.38. The fourth-order valence-corrected chi connectivity index (χ4v) is 3.50. The first-order chi connectivity index (χ1) is 16.1. The summed E-state index contributed by atoms with van der Waals surface area (Å²) in [6, 6.07) is 12.9. The molecule has 0 unspecified atom stereocenters. The van der Waals surface area contributed by atoms with Crippen molar-refractivity contribution in [2.75, 3.05) is 37.4 Å². The summed E-state index contributed by atoms with van der Waals surface area (Å²) in [6.45, 7) is 1.69. The number of para-hydroxylation sites is 1. The molecular weight excluding hydrogens is 422 g/mol. The van der Waals surface area contributed by atoms with E-state index in [2.05, 4.69) is 25.7 Å². The number of pyridine rings is 1. The van der Waals surface area contributed by atoms with Gasteiger partial charge < -0.3 is 25.6 Å². The van der Waals surface area contributed by atoms with Crippen LogP contribution in [0.5, 0.6) is 0 Å². The Morgan fingerprint density at radius 2 is 1.94 bits per heavy atom. The highest BCUT2D eigenvalue weighted by molar-refractivity contribution is 5.89. The van der Waals surface area contributed by atoms with Crippen LogP contribution in [0.25, 0.3) is 11.4 Å². The molecule has 0 saturated carbocycles. The van der Waals surface area contributed by atoms with Crippen molar-refractivity contribution in [1.29, 1.82) is 0 Å². The van der Waals surface area contributed by atoms with Crippen molar-refractivity contribution in [3.8, 4) is 11.4 Å². The molecule has 3 heterocycles. The zero-order chi connectivity index (χ0) is 23.0. The van der Waals surface area contributed by atoms with E-state index in [1.165, 1.54) is 7.11 Å². The van der Waals surface area contributed by atoms with Crippen molar-refractivity contribution in [3.05, 3.63) is 66.1 Å². The second-order valence-electron chi connectivity index (χ2n) is 7.38. The van der Waals surface area contributed by atoms with Gasteiger partial charge in [0, 0.05) is 55.3 Å². The Labute approximate surface area is 191 Å². The van der Waals surface area contributed by atoms with E-state index in [4.69, 9.17) is 9.97 Å². The summed E-state index contributed by atoms with van der Waals surface area (Å²) in [5.74, 6) is 1.19. The van der Waals surface area contributed by atoms with Gasteiger partial charge in [-0.2, -0.15) is 0 Å². The van der Waals surface area contributed by atoms with E-state index in [9.17, 15) is 9.59 Å².